The zero-order valence-corrected chi connectivity index (χ0v) is 17.3. The van der Waals surface area contributed by atoms with Crippen LogP contribution in [0, 0.1) is 0 Å². The zero-order valence-electron chi connectivity index (χ0n) is 15.7. The van der Waals surface area contributed by atoms with Gasteiger partial charge in [-0.3, -0.25) is 9.59 Å². The Labute approximate surface area is 175 Å². The highest BCUT2D eigenvalue weighted by Gasteiger charge is 2.21. The van der Waals surface area contributed by atoms with Crippen molar-refractivity contribution in [1.29, 1.82) is 0 Å². The van der Waals surface area contributed by atoms with Crippen LogP contribution < -0.4 is 10.3 Å². The number of nitrogens with zero attached hydrogens (tertiary/aromatic N) is 3. The number of hydrogen-bond donors (Lipinski definition) is 0. The fraction of sp³-hybridized carbons (Fsp3) is 0.143. The van der Waals surface area contributed by atoms with Gasteiger partial charge in [0.1, 0.15) is 10.6 Å². The van der Waals surface area contributed by atoms with Gasteiger partial charge in [0.25, 0.3) is 0 Å². The molecule has 2 aromatic heterocycles. The molecule has 2 heterocycles. The minimum absolute atomic E-state index is 0.144. The van der Waals surface area contributed by atoms with Gasteiger partial charge in [0.05, 0.1) is 12.8 Å². The van der Waals surface area contributed by atoms with Crippen molar-refractivity contribution in [3.8, 4) is 17.0 Å². The molecule has 0 amide bonds. The van der Waals surface area contributed by atoms with Gasteiger partial charge in [0.2, 0.25) is 10.7 Å². The molecule has 0 saturated heterocycles. The lowest BCUT2D eigenvalue weighted by Gasteiger charge is -2.05. The van der Waals surface area contributed by atoms with E-state index in [1.807, 2.05) is 6.92 Å². The molecule has 0 aliphatic heterocycles. The van der Waals surface area contributed by atoms with E-state index in [2.05, 4.69) is 10.1 Å². The highest BCUT2D eigenvalue weighted by molar-refractivity contribution is 7.19. The third-order valence-electron chi connectivity index (χ3n) is 4.50. The van der Waals surface area contributed by atoms with Gasteiger partial charge in [0, 0.05) is 16.1 Å². The standard InChI is InChI=1S/C21H16ClN3O3S/c1-3-16-19(18(26)13-4-8-14(22)9-5-13)29-21-23-20(27)17(24-25(16)21)12-6-10-15(28-2)11-7-12/h4-11H,3H2,1-2H3. The van der Waals surface area contributed by atoms with Crippen molar-refractivity contribution in [3.63, 3.8) is 0 Å². The van der Waals surface area contributed by atoms with Gasteiger partial charge in [0.15, 0.2) is 5.69 Å². The highest BCUT2D eigenvalue weighted by Crippen LogP contribution is 2.26. The van der Waals surface area contributed by atoms with E-state index in [0.717, 1.165) is 0 Å². The number of thiazole rings is 1. The molecule has 0 unspecified atom stereocenters. The Hall–Kier alpha value is -3.03. The van der Waals surface area contributed by atoms with Gasteiger partial charge in [-0.15, -0.1) is 0 Å². The molecule has 4 rings (SSSR count). The molecule has 146 valence electrons. The van der Waals surface area contributed by atoms with Gasteiger partial charge >= 0.3 is 5.56 Å². The fourth-order valence-corrected chi connectivity index (χ4v) is 4.24. The van der Waals surface area contributed by atoms with Crippen LogP contribution in [0.5, 0.6) is 5.75 Å². The summed E-state index contributed by atoms with van der Waals surface area (Å²) in [6.45, 7) is 1.94. The first kappa shape index (κ1) is 19.3. The Balaban J connectivity index is 1.85. The maximum atomic E-state index is 13.0. The minimum atomic E-state index is -0.440. The van der Waals surface area contributed by atoms with Crippen molar-refractivity contribution in [2.24, 2.45) is 0 Å². The van der Waals surface area contributed by atoms with Crippen molar-refractivity contribution in [2.75, 3.05) is 7.11 Å². The van der Waals surface area contributed by atoms with Gasteiger partial charge < -0.3 is 4.74 Å². The number of aromatic nitrogens is 3. The number of hydrogen-bond acceptors (Lipinski definition) is 6. The number of carbonyl (C=O) groups is 1. The summed E-state index contributed by atoms with van der Waals surface area (Å²) in [6.07, 6.45) is 0.564. The van der Waals surface area contributed by atoms with Crippen molar-refractivity contribution >= 4 is 33.7 Å². The van der Waals surface area contributed by atoms with Crippen molar-refractivity contribution in [2.45, 2.75) is 13.3 Å². The summed E-state index contributed by atoms with van der Waals surface area (Å²) in [5.74, 6) is 0.540. The molecule has 0 spiro atoms. The van der Waals surface area contributed by atoms with E-state index >= 15 is 0 Å². The van der Waals surface area contributed by atoms with E-state index in [1.165, 1.54) is 11.3 Å². The maximum absolute atomic E-state index is 13.0. The number of halogens is 1. The third-order valence-corrected chi connectivity index (χ3v) is 5.83. The molecule has 0 saturated carbocycles. The predicted molar refractivity (Wildman–Crippen MR) is 113 cm³/mol. The summed E-state index contributed by atoms with van der Waals surface area (Å²) < 4.78 is 6.75. The number of ketones is 1. The fourth-order valence-electron chi connectivity index (χ4n) is 3.01. The molecule has 8 heteroatoms. The molecule has 4 aromatic rings. The Morgan fingerprint density at radius 3 is 2.45 bits per heavy atom. The number of carbonyl (C=O) groups excluding carboxylic acids is 1. The zero-order chi connectivity index (χ0) is 20.5. The van der Waals surface area contributed by atoms with E-state index in [4.69, 9.17) is 16.3 Å². The Morgan fingerprint density at radius 2 is 1.83 bits per heavy atom. The topological polar surface area (TPSA) is 73.6 Å². The van der Waals surface area contributed by atoms with Crippen molar-refractivity contribution in [1.82, 2.24) is 14.6 Å². The minimum Gasteiger partial charge on any atom is -0.497 e. The number of ether oxygens (including phenoxy) is 1. The van der Waals surface area contributed by atoms with Crippen LogP contribution in [0.1, 0.15) is 27.9 Å². The molecule has 0 fully saturated rings. The Morgan fingerprint density at radius 1 is 1.14 bits per heavy atom. The van der Waals surface area contributed by atoms with Gasteiger partial charge in [-0.2, -0.15) is 10.1 Å². The Kier molecular flexibility index (Phi) is 5.17. The van der Waals surface area contributed by atoms with E-state index < -0.39 is 5.56 Å². The van der Waals surface area contributed by atoms with Crippen LogP contribution in [-0.2, 0) is 6.42 Å². The SMILES string of the molecule is CCc1c(C(=O)c2ccc(Cl)cc2)sc2nc(=O)c(-c3ccc(OC)cc3)nn12. The number of aryl methyl sites for hydroxylation is 1. The van der Waals surface area contributed by atoms with E-state index in [1.54, 1.807) is 60.2 Å². The average molecular weight is 426 g/mol. The van der Waals surface area contributed by atoms with Gasteiger partial charge in [-0.25, -0.2) is 4.52 Å². The molecule has 0 atom stereocenters. The third kappa shape index (κ3) is 3.54. The Bertz CT molecular complexity index is 1260. The van der Waals surface area contributed by atoms with E-state index in [0.29, 0.717) is 43.9 Å². The lowest BCUT2D eigenvalue weighted by atomic mass is 10.1. The second-order valence-corrected chi connectivity index (χ2v) is 7.67. The van der Waals surface area contributed by atoms with Crippen molar-refractivity contribution in [3.05, 3.63) is 80.0 Å². The van der Waals surface area contributed by atoms with Crippen LogP contribution in [0.2, 0.25) is 5.02 Å². The van der Waals surface area contributed by atoms with Crippen LogP contribution in [0.15, 0.2) is 53.3 Å². The first-order valence-electron chi connectivity index (χ1n) is 8.89. The molecular formula is C21H16ClN3O3S. The number of methoxy groups -OCH3 is 1. The molecular weight excluding hydrogens is 410 g/mol. The number of rotatable bonds is 5. The summed E-state index contributed by atoms with van der Waals surface area (Å²) in [7, 11) is 1.58. The summed E-state index contributed by atoms with van der Waals surface area (Å²) in [5.41, 5.74) is 1.66. The average Bonchev–Trinajstić information content (AvgIpc) is 3.10. The molecule has 0 aliphatic rings. The predicted octanol–water partition coefficient (Wildman–Crippen LogP) is 4.27. The largest absolute Gasteiger partial charge is 0.497 e. The molecule has 0 bridgehead atoms. The number of benzene rings is 2. The molecule has 0 aliphatic carbocycles. The van der Waals surface area contributed by atoms with Crippen LogP contribution in [0.25, 0.3) is 16.2 Å². The van der Waals surface area contributed by atoms with Crippen molar-refractivity contribution < 1.29 is 9.53 Å². The van der Waals surface area contributed by atoms with Gasteiger partial charge in [-0.1, -0.05) is 29.9 Å². The lowest BCUT2D eigenvalue weighted by Crippen LogP contribution is -2.15. The van der Waals surface area contributed by atoms with Crippen LogP contribution in [0.4, 0.5) is 0 Å². The van der Waals surface area contributed by atoms with E-state index in [9.17, 15) is 9.59 Å². The summed E-state index contributed by atoms with van der Waals surface area (Å²) in [5, 5.41) is 5.08. The summed E-state index contributed by atoms with van der Waals surface area (Å²) in [6, 6.07) is 13.8. The second kappa shape index (κ2) is 7.77. The molecule has 6 nitrogen and oxygen atoms in total. The van der Waals surface area contributed by atoms with Gasteiger partial charge in [-0.05, 0) is 55.0 Å². The summed E-state index contributed by atoms with van der Waals surface area (Å²) in [4.78, 5) is 30.7. The lowest BCUT2D eigenvalue weighted by molar-refractivity contribution is 0.104. The van der Waals surface area contributed by atoms with Crippen LogP contribution >= 0.6 is 22.9 Å². The second-order valence-electron chi connectivity index (χ2n) is 6.26. The summed E-state index contributed by atoms with van der Waals surface area (Å²) >= 11 is 7.09. The quantitative estimate of drug-likeness (QED) is 0.446. The molecule has 2 aromatic carbocycles. The smallest absolute Gasteiger partial charge is 0.300 e. The van der Waals surface area contributed by atoms with E-state index in [-0.39, 0.29) is 11.5 Å². The molecule has 0 radical (unpaired) electrons. The highest BCUT2D eigenvalue weighted by atomic mass is 35.5. The molecule has 0 N–H and O–H groups in total. The van der Waals surface area contributed by atoms with Crippen LogP contribution in [-0.4, -0.2) is 27.5 Å². The van der Waals surface area contributed by atoms with Crippen LogP contribution in [0.3, 0.4) is 0 Å². The normalized spacial score (nSPS) is 11.0. The number of fused-ring (bicyclic) bond motifs is 1. The first-order chi connectivity index (χ1) is 14.0. The molecule has 29 heavy (non-hydrogen) atoms. The maximum Gasteiger partial charge on any atom is 0.300 e. The monoisotopic (exact) mass is 425 g/mol. The first-order valence-corrected chi connectivity index (χ1v) is 10.1.